The average Bonchev–Trinajstić information content (AvgIpc) is 2.68. The molecule has 1 aromatic rings. The third-order valence-electron chi connectivity index (χ3n) is 2.89. The molecule has 0 N–H and O–H groups in total. The van der Waals surface area contributed by atoms with Crippen LogP contribution >= 0.6 is 15.9 Å². The van der Waals surface area contributed by atoms with Gasteiger partial charge in [-0.05, 0) is 22.0 Å². The van der Waals surface area contributed by atoms with Crippen LogP contribution in [0.25, 0.3) is 0 Å². The van der Waals surface area contributed by atoms with Crippen molar-refractivity contribution in [3.8, 4) is 0 Å². The third kappa shape index (κ3) is 2.22. The molecule has 1 atom stereocenters. The molecule has 17 heavy (non-hydrogen) atoms. The maximum Gasteiger partial charge on any atom is 0.307 e. The highest BCUT2D eigenvalue weighted by atomic mass is 79.9. The van der Waals surface area contributed by atoms with Gasteiger partial charge in [0.1, 0.15) is 5.69 Å². The molecule has 0 saturated heterocycles. The van der Waals surface area contributed by atoms with Gasteiger partial charge in [0.15, 0.2) is 0 Å². The van der Waals surface area contributed by atoms with Crippen molar-refractivity contribution < 1.29 is 14.3 Å². The van der Waals surface area contributed by atoms with Crippen LogP contribution in [0.15, 0.2) is 16.7 Å². The molecule has 0 fully saturated rings. The highest BCUT2D eigenvalue weighted by molar-refractivity contribution is 9.10. The van der Waals surface area contributed by atoms with E-state index in [0.717, 1.165) is 4.47 Å². The van der Waals surface area contributed by atoms with Gasteiger partial charge in [-0.1, -0.05) is 0 Å². The lowest BCUT2D eigenvalue weighted by Crippen LogP contribution is -2.40. The Balaban J connectivity index is 2.33. The number of amides is 1. The molecule has 5 nitrogen and oxygen atoms in total. The standard InChI is InChI=1S/C11H13BrN2O3/c1-13-6-8(4-10(15)17-2)14-5-7(12)3-9(14)11(13)16/h3,5,8H,4,6H2,1-2H3/t8-/m1/s1. The van der Waals surface area contributed by atoms with E-state index in [1.54, 1.807) is 18.0 Å². The summed E-state index contributed by atoms with van der Waals surface area (Å²) in [6.07, 6.45) is 2.09. The van der Waals surface area contributed by atoms with Crippen LogP contribution < -0.4 is 0 Å². The van der Waals surface area contributed by atoms with Crippen molar-refractivity contribution in [2.24, 2.45) is 0 Å². The molecule has 0 aliphatic carbocycles. The molecule has 2 rings (SSSR count). The number of aromatic nitrogens is 1. The van der Waals surface area contributed by atoms with E-state index in [4.69, 9.17) is 0 Å². The van der Waals surface area contributed by atoms with Crippen LogP contribution in [0.5, 0.6) is 0 Å². The molecule has 0 aromatic carbocycles. The molecular weight excluding hydrogens is 288 g/mol. The summed E-state index contributed by atoms with van der Waals surface area (Å²) in [5.74, 6) is -0.301. The average molecular weight is 301 g/mol. The number of halogens is 1. The first-order valence-electron chi connectivity index (χ1n) is 5.22. The van der Waals surface area contributed by atoms with E-state index in [0.29, 0.717) is 12.2 Å². The topological polar surface area (TPSA) is 51.5 Å². The van der Waals surface area contributed by atoms with Crippen LogP contribution in [0.2, 0.25) is 0 Å². The van der Waals surface area contributed by atoms with Gasteiger partial charge in [-0.3, -0.25) is 9.59 Å². The molecule has 1 amide bonds. The summed E-state index contributed by atoms with van der Waals surface area (Å²) in [4.78, 5) is 24.9. The molecule has 6 heteroatoms. The summed E-state index contributed by atoms with van der Waals surface area (Å²) in [6, 6.07) is 1.70. The van der Waals surface area contributed by atoms with Crippen LogP contribution in [-0.4, -0.2) is 42.0 Å². The fraction of sp³-hybridized carbons (Fsp3) is 0.455. The third-order valence-corrected chi connectivity index (χ3v) is 3.32. The highest BCUT2D eigenvalue weighted by Crippen LogP contribution is 2.27. The quantitative estimate of drug-likeness (QED) is 0.777. The molecule has 0 bridgehead atoms. The Morgan fingerprint density at radius 2 is 2.35 bits per heavy atom. The fourth-order valence-corrected chi connectivity index (χ4v) is 2.48. The second-order valence-corrected chi connectivity index (χ2v) is 4.99. The molecule has 1 aliphatic heterocycles. The number of nitrogens with zero attached hydrogens (tertiary/aromatic N) is 2. The normalized spacial score (nSPS) is 19.1. The predicted octanol–water partition coefficient (Wildman–Crippen LogP) is 1.44. The van der Waals surface area contributed by atoms with Crippen molar-refractivity contribution >= 4 is 27.8 Å². The number of ether oxygens (including phenoxy) is 1. The Morgan fingerprint density at radius 1 is 1.65 bits per heavy atom. The van der Waals surface area contributed by atoms with Crippen LogP contribution in [0.3, 0.4) is 0 Å². The van der Waals surface area contributed by atoms with Crippen LogP contribution in [0.1, 0.15) is 23.0 Å². The Hall–Kier alpha value is -1.30. The van der Waals surface area contributed by atoms with Crippen LogP contribution in [0.4, 0.5) is 0 Å². The molecule has 1 aliphatic rings. The Kier molecular flexibility index (Phi) is 3.24. The van der Waals surface area contributed by atoms with E-state index in [1.807, 2.05) is 10.8 Å². The number of hydrogen-bond donors (Lipinski definition) is 0. The Bertz CT molecular complexity index is 469. The van der Waals surface area contributed by atoms with Crippen molar-refractivity contribution in [1.29, 1.82) is 0 Å². The van der Waals surface area contributed by atoms with Gasteiger partial charge in [0, 0.05) is 24.3 Å². The van der Waals surface area contributed by atoms with Gasteiger partial charge in [-0.2, -0.15) is 0 Å². The molecular formula is C11H13BrN2O3. The first kappa shape index (κ1) is 12.2. The smallest absolute Gasteiger partial charge is 0.307 e. The zero-order chi connectivity index (χ0) is 12.6. The second-order valence-electron chi connectivity index (χ2n) is 4.07. The number of likely N-dealkylation sites (N-methyl/N-ethyl adjacent to an activating group) is 1. The molecule has 0 radical (unpaired) electrons. The first-order chi connectivity index (χ1) is 8.02. The van der Waals surface area contributed by atoms with Crippen molar-refractivity contribution in [2.75, 3.05) is 20.7 Å². The fourth-order valence-electron chi connectivity index (χ4n) is 2.04. The summed E-state index contributed by atoms with van der Waals surface area (Å²) in [5, 5.41) is 0. The van der Waals surface area contributed by atoms with Gasteiger partial charge in [0.25, 0.3) is 5.91 Å². The van der Waals surface area contributed by atoms with Gasteiger partial charge in [-0.15, -0.1) is 0 Å². The number of methoxy groups -OCH3 is 1. The SMILES string of the molecule is COC(=O)C[C@@H]1CN(C)C(=O)c2cc(Br)cn21. The molecule has 0 saturated carbocycles. The maximum atomic E-state index is 11.9. The number of hydrogen-bond acceptors (Lipinski definition) is 3. The van der Waals surface area contributed by atoms with Crippen LogP contribution in [0, 0.1) is 0 Å². The second kappa shape index (κ2) is 4.52. The number of rotatable bonds is 2. The van der Waals surface area contributed by atoms with Crippen molar-refractivity contribution in [3.63, 3.8) is 0 Å². The molecule has 0 spiro atoms. The lowest BCUT2D eigenvalue weighted by atomic mass is 10.1. The zero-order valence-electron chi connectivity index (χ0n) is 9.64. The van der Waals surface area contributed by atoms with Gasteiger partial charge in [0.05, 0.1) is 19.6 Å². The van der Waals surface area contributed by atoms with E-state index < -0.39 is 0 Å². The van der Waals surface area contributed by atoms with E-state index in [2.05, 4.69) is 20.7 Å². The largest absolute Gasteiger partial charge is 0.469 e. The first-order valence-corrected chi connectivity index (χ1v) is 6.02. The predicted molar refractivity (Wildman–Crippen MR) is 64.8 cm³/mol. The van der Waals surface area contributed by atoms with Crippen molar-refractivity contribution in [1.82, 2.24) is 9.47 Å². The van der Waals surface area contributed by atoms with E-state index in [9.17, 15) is 9.59 Å². The summed E-state index contributed by atoms with van der Waals surface area (Å²) >= 11 is 3.34. The molecule has 0 unspecified atom stereocenters. The monoisotopic (exact) mass is 300 g/mol. The minimum atomic E-state index is -0.270. The minimum Gasteiger partial charge on any atom is -0.469 e. The lowest BCUT2D eigenvalue weighted by molar-refractivity contribution is -0.141. The lowest BCUT2D eigenvalue weighted by Gasteiger charge is -2.31. The number of carbonyl (C=O) groups excluding carboxylic acids is 2. The minimum absolute atomic E-state index is 0.0307. The highest BCUT2D eigenvalue weighted by Gasteiger charge is 2.30. The van der Waals surface area contributed by atoms with Crippen molar-refractivity contribution in [2.45, 2.75) is 12.5 Å². The van der Waals surface area contributed by atoms with Crippen LogP contribution in [-0.2, 0) is 9.53 Å². The molecule has 1 aromatic heterocycles. The maximum absolute atomic E-state index is 11.9. The number of carbonyl (C=O) groups is 2. The Morgan fingerprint density at radius 3 is 3.00 bits per heavy atom. The number of esters is 1. The summed E-state index contributed by atoms with van der Waals surface area (Å²) in [6.45, 7) is 0.516. The van der Waals surface area contributed by atoms with E-state index >= 15 is 0 Å². The van der Waals surface area contributed by atoms with E-state index in [1.165, 1.54) is 7.11 Å². The van der Waals surface area contributed by atoms with E-state index in [-0.39, 0.29) is 24.3 Å². The van der Waals surface area contributed by atoms with Crippen molar-refractivity contribution in [3.05, 3.63) is 22.4 Å². The van der Waals surface area contributed by atoms with Gasteiger partial charge in [-0.25, -0.2) is 0 Å². The Labute approximate surface area is 107 Å². The summed E-state index contributed by atoms with van der Waals surface area (Å²) in [7, 11) is 3.10. The number of fused-ring (bicyclic) bond motifs is 1. The zero-order valence-corrected chi connectivity index (χ0v) is 11.2. The molecule has 2 heterocycles. The summed E-state index contributed by atoms with van der Waals surface area (Å²) in [5.41, 5.74) is 0.597. The van der Waals surface area contributed by atoms with Gasteiger partial charge < -0.3 is 14.2 Å². The summed E-state index contributed by atoms with van der Waals surface area (Å²) < 4.78 is 7.34. The van der Waals surface area contributed by atoms with Gasteiger partial charge >= 0.3 is 5.97 Å². The van der Waals surface area contributed by atoms with Gasteiger partial charge in [0.2, 0.25) is 0 Å². The molecule has 92 valence electrons.